The van der Waals surface area contributed by atoms with Crippen molar-refractivity contribution in [2.24, 2.45) is 40.4 Å². The molecule has 136 valence electrons. The number of hydrogen-bond acceptors (Lipinski definition) is 1. The van der Waals surface area contributed by atoms with Crippen molar-refractivity contribution < 1.29 is 5.11 Å². The summed E-state index contributed by atoms with van der Waals surface area (Å²) < 4.78 is 0. The van der Waals surface area contributed by atoms with Crippen LogP contribution in [0.4, 0.5) is 0 Å². The van der Waals surface area contributed by atoms with Gasteiger partial charge in [-0.3, -0.25) is 0 Å². The molecule has 0 amide bonds. The highest BCUT2D eigenvalue weighted by atomic mass is 16.3. The summed E-state index contributed by atoms with van der Waals surface area (Å²) in [6.07, 6.45) is 14.3. The second-order valence-electron chi connectivity index (χ2n) is 10.3. The molecule has 0 radical (unpaired) electrons. The zero-order valence-electron chi connectivity index (χ0n) is 16.4. The Labute approximate surface area is 149 Å². The maximum Gasteiger partial charge on any atom is 0.0596 e. The summed E-state index contributed by atoms with van der Waals surface area (Å²) in [5, 5.41) is 10.6. The van der Waals surface area contributed by atoms with Gasteiger partial charge in [0, 0.05) is 0 Å². The normalized spacial score (nSPS) is 55.8. The van der Waals surface area contributed by atoms with Gasteiger partial charge in [-0.1, -0.05) is 39.3 Å². The lowest BCUT2D eigenvalue weighted by Crippen LogP contribution is -2.55. The highest BCUT2D eigenvalue weighted by molar-refractivity contribution is 5.16. The quantitative estimate of drug-likeness (QED) is 0.587. The Kier molecular flexibility index (Phi) is 4.18. The van der Waals surface area contributed by atoms with E-state index >= 15 is 0 Å². The number of allylic oxidation sites excluding steroid dienone is 2. The lowest BCUT2D eigenvalue weighted by Gasteiger charge is -2.62. The van der Waals surface area contributed by atoms with Gasteiger partial charge in [-0.15, -0.1) is 0 Å². The predicted octanol–water partition coefficient (Wildman–Crippen LogP) is 5.97. The molecule has 1 N–H and O–H groups in total. The Morgan fingerprint density at radius 2 is 1.79 bits per heavy atom. The lowest BCUT2D eigenvalue weighted by atomic mass is 9.43. The molecule has 0 saturated heterocycles. The fraction of sp³-hybridized carbons (Fsp3) is 0.913. The monoisotopic (exact) mass is 330 g/mol. The third-order valence-corrected chi connectivity index (χ3v) is 9.37. The maximum absolute atomic E-state index is 10.6. The summed E-state index contributed by atoms with van der Waals surface area (Å²) in [5.74, 6) is 4.36. The lowest BCUT2D eigenvalue weighted by molar-refractivity contribution is -0.133. The third kappa shape index (κ3) is 2.29. The molecular formula is C23H38O. The number of aliphatic hydroxyl groups excluding tert-OH is 1. The van der Waals surface area contributed by atoms with E-state index in [1.807, 2.05) is 0 Å². The number of fused-ring (bicyclic) bond motifs is 5. The molecule has 0 aromatic carbocycles. The summed E-state index contributed by atoms with van der Waals surface area (Å²) in [7, 11) is 0. The summed E-state index contributed by atoms with van der Waals surface area (Å²) in [6.45, 7) is 9.90. The maximum atomic E-state index is 10.6. The molecule has 1 heteroatoms. The van der Waals surface area contributed by atoms with E-state index in [0.29, 0.717) is 5.41 Å². The minimum Gasteiger partial charge on any atom is -0.393 e. The van der Waals surface area contributed by atoms with E-state index in [1.165, 1.54) is 51.4 Å². The summed E-state index contributed by atoms with van der Waals surface area (Å²) in [6, 6.07) is 0. The van der Waals surface area contributed by atoms with Crippen molar-refractivity contribution >= 4 is 0 Å². The van der Waals surface area contributed by atoms with E-state index in [-0.39, 0.29) is 11.5 Å². The average Bonchev–Trinajstić information content (AvgIpc) is 2.85. The minimum absolute atomic E-state index is 0.0327. The largest absolute Gasteiger partial charge is 0.393 e. The van der Waals surface area contributed by atoms with Gasteiger partial charge in [0.25, 0.3) is 0 Å². The number of aliphatic hydroxyl groups is 1. The van der Waals surface area contributed by atoms with E-state index in [4.69, 9.17) is 0 Å². The molecule has 4 aliphatic rings. The molecule has 0 spiro atoms. The molecule has 4 unspecified atom stereocenters. The van der Waals surface area contributed by atoms with Crippen LogP contribution >= 0.6 is 0 Å². The Morgan fingerprint density at radius 3 is 2.54 bits per heavy atom. The van der Waals surface area contributed by atoms with Crippen molar-refractivity contribution in [3.05, 3.63) is 11.6 Å². The number of rotatable bonds is 1. The van der Waals surface area contributed by atoms with Crippen LogP contribution in [-0.4, -0.2) is 11.2 Å². The molecule has 0 heterocycles. The summed E-state index contributed by atoms with van der Waals surface area (Å²) in [4.78, 5) is 0. The van der Waals surface area contributed by atoms with Crippen LogP contribution in [0.1, 0.15) is 85.5 Å². The standard InChI is InChI=1S/C23H38O/c1-5-6-16-9-11-22(3)19-10-12-23(4)18(7-8-21(23)24)17(19)13-15(2)20(22)14-16/h6,15,17-21,24H,5,7-14H2,1-4H3/b16-6-/t15-,17?,18?,19?,20+,21-,22?,23-/m0/s1. The predicted molar refractivity (Wildman–Crippen MR) is 101 cm³/mol. The van der Waals surface area contributed by atoms with Crippen molar-refractivity contribution in [2.75, 3.05) is 0 Å². The van der Waals surface area contributed by atoms with Gasteiger partial charge in [0.15, 0.2) is 0 Å². The number of hydrogen-bond donors (Lipinski definition) is 1. The van der Waals surface area contributed by atoms with E-state index in [9.17, 15) is 5.11 Å². The van der Waals surface area contributed by atoms with Crippen LogP contribution < -0.4 is 0 Å². The Balaban J connectivity index is 1.63. The first-order valence-corrected chi connectivity index (χ1v) is 10.8. The molecule has 24 heavy (non-hydrogen) atoms. The van der Waals surface area contributed by atoms with Gasteiger partial charge in [-0.2, -0.15) is 0 Å². The zero-order valence-corrected chi connectivity index (χ0v) is 16.4. The van der Waals surface area contributed by atoms with Crippen molar-refractivity contribution in [3.63, 3.8) is 0 Å². The van der Waals surface area contributed by atoms with Crippen molar-refractivity contribution in [3.8, 4) is 0 Å². The summed E-state index contributed by atoms with van der Waals surface area (Å²) in [5.41, 5.74) is 2.54. The molecule has 4 saturated carbocycles. The fourth-order valence-corrected chi connectivity index (χ4v) is 8.02. The van der Waals surface area contributed by atoms with E-state index in [2.05, 4.69) is 33.8 Å². The Hall–Kier alpha value is -0.300. The second kappa shape index (κ2) is 5.86. The molecule has 0 bridgehead atoms. The average molecular weight is 331 g/mol. The van der Waals surface area contributed by atoms with Crippen molar-refractivity contribution in [1.29, 1.82) is 0 Å². The molecule has 0 aromatic heterocycles. The SMILES string of the molecule is CC/C=C1/CCC2(C)C3CC[C@@]4(C)C(CC[C@@H]4O)C3C[C@H](C)[C@H]2C1. The van der Waals surface area contributed by atoms with Crippen molar-refractivity contribution in [1.82, 2.24) is 0 Å². The molecule has 4 rings (SSSR count). The molecule has 1 nitrogen and oxygen atoms in total. The Morgan fingerprint density at radius 1 is 1.04 bits per heavy atom. The van der Waals surface area contributed by atoms with Crippen LogP contribution in [-0.2, 0) is 0 Å². The molecule has 0 aliphatic heterocycles. The third-order valence-electron chi connectivity index (χ3n) is 9.37. The van der Waals surface area contributed by atoms with Crippen molar-refractivity contribution in [2.45, 2.75) is 91.6 Å². The Bertz CT molecular complexity index is 522. The van der Waals surface area contributed by atoms with Gasteiger partial charge < -0.3 is 5.11 Å². The van der Waals surface area contributed by atoms with Gasteiger partial charge >= 0.3 is 0 Å². The van der Waals surface area contributed by atoms with Gasteiger partial charge in [0.1, 0.15) is 0 Å². The van der Waals surface area contributed by atoms with Gasteiger partial charge in [0.05, 0.1) is 6.10 Å². The first kappa shape index (κ1) is 17.1. The molecule has 4 aliphatic carbocycles. The van der Waals surface area contributed by atoms with E-state index in [1.54, 1.807) is 5.57 Å². The summed E-state index contributed by atoms with van der Waals surface area (Å²) >= 11 is 0. The van der Waals surface area contributed by atoms with Crippen LogP contribution in [0.15, 0.2) is 11.6 Å². The van der Waals surface area contributed by atoms with Gasteiger partial charge in [-0.25, -0.2) is 0 Å². The molecular weight excluding hydrogens is 292 g/mol. The van der Waals surface area contributed by atoms with Crippen LogP contribution in [0.3, 0.4) is 0 Å². The highest BCUT2D eigenvalue weighted by Gasteiger charge is 2.61. The van der Waals surface area contributed by atoms with Crippen LogP contribution in [0, 0.1) is 40.4 Å². The second-order valence-corrected chi connectivity index (χ2v) is 10.3. The smallest absolute Gasteiger partial charge is 0.0596 e. The van der Waals surface area contributed by atoms with Crippen LogP contribution in [0.2, 0.25) is 0 Å². The van der Waals surface area contributed by atoms with E-state index < -0.39 is 0 Å². The van der Waals surface area contributed by atoms with Gasteiger partial charge in [-0.05, 0) is 98.2 Å². The zero-order chi connectivity index (χ0) is 17.1. The molecule has 0 aromatic rings. The van der Waals surface area contributed by atoms with Gasteiger partial charge in [0.2, 0.25) is 0 Å². The first-order chi connectivity index (χ1) is 11.4. The first-order valence-electron chi connectivity index (χ1n) is 10.8. The van der Waals surface area contributed by atoms with E-state index in [0.717, 1.165) is 36.0 Å². The van der Waals surface area contributed by atoms with Crippen LogP contribution in [0.5, 0.6) is 0 Å². The molecule has 8 atom stereocenters. The fourth-order valence-electron chi connectivity index (χ4n) is 8.02. The molecule has 4 fully saturated rings. The topological polar surface area (TPSA) is 20.2 Å². The highest BCUT2D eigenvalue weighted by Crippen LogP contribution is 2.67. The minimum atomic E-state index is -0.0327. The van der Waals surface area contributed by atoms with Crippen LogP contribution in [0.25, 0.3) is 0 Å².